The summed E-state index contributed by atoms with van der Waals surface area (Å²) in [5, 5.41) is 10.6. The fourth-order valence-corrected chi connectivity index (χ4v) is 3.20. The number of alkyl halides is 1. The molecule has 116 valence electrons. The molecule has 3 aromatic heterocycles. The molecule has 3 heterocycles. The standard InChI is InChI=1S/C17H15FN4O/c18-12-3-1-2-4-14(12)23-15-5-6-20-17-16(15)11-7-10(8-19)21-9-13(11)22-17/h5-7,9,12,14H,1-4H2,(H,20,22)/t12-,14-/m0/s1. The minimum atomic E-state index is -0.937. The van der Waals surface area contributed by atoms with Crippen LogP contribution in [-0.4, -0.2) is 27.2 Å². The van der Waals surface area contributed by atoms with E-state index < -0.39 is 12.3 Å². The van der Waals surface area contributed by atoms with Crippen molar-refractivity contribution < 1.29 is 9.13 Å². The average Bonchev–Trinajstić information content (AvgIpc) is 2.95. The van der Waals surface area contributed by atoms with Crippen LogP contribution in [0.25, 0.3) is 21.9 Å². The van der Waals surface area contributed by atoms with E-state index in [1.54, 1.807) is 24.5 Å². The summed E-state index contributed by atoms with van der Waals surface area (Å²) in [6.45, 7) is 0. The van der Waals surface area contributed by atoms with Crippen molar-refractivity contribution in [1.29, 1.82) is 5.26 Å². The molecule has 3 aromatic rings. The molecule has 4 rings (SSSR count). The molecule has 0 radical (unpaired) electrons. The van der Waals surface area contributed by atoms with Crippen molar-refractivity contribution in [2.45, 2.75) is 38.0 Å². The molecular formula is C17H15FN4O. The Morgan fingerprint density at radius 3 is 3.00 bits per heavy atom. The minimum Gasteiger partial charge on any atom is -0.487 e. The van der Waals surface area contributed by atoms with Crippen LogP contribution in [0.4, 0.5) is 4.39 Å². The van der Waals surface area contributed by atoms with E-state index in [0.29, 0.717) is 23.5 Å². The van der Waals surface area contributed by atoms with Crippen LogP contribution in [0.2, 0.25) is 0 Å². The van der Waals surface area contributed by atoms with Crippen molar-refractivity contribution >= 4 is 21.9 Å². The summed E-state index contributed by atoms with van der Waals surface area (Å²) in [6.07, 6.45) is 5.06. The number of nitrogens with one attached hydrogen (secondary N) is 1. The Bertz CT molecular complexity index is 914. The quantitative estimate of drug-likeness (QED) is 0.784. The van der Waals surface area contributed by atoms with Crippen molar-refractivity contribution in [3.8, 4) is 11.8 Å². The van der Waals surface area contributed by atoms with Gasteiger partial charge in [-0.05, 0) is 31.4 Å². The zero-order chi connectivity index (χ0) is 15.8. The first-order valence-corrected chi connectivity index (χ1v) is 7.73. The fraction of sp³-hybridized carbons (Fsp3) is 0.353. The van der Waals surface area contributed by atoms with Crippen LogP contribution < -0.4 is 4.74 Å². The van der Waals surface area contributed by atoms with Gasteiger partial charge in [0.1, 0.15) is 35.4 Å². The van der Waals surface area contributed by atoms with Gasteiger partial charge in [0.05, 0.1) is 17.1 Å². The molecule has 23 heavy (non-hydrogen) atoms. The van der Waals surface area contributed by atoms with Gasteiger partial charge in [-0.15, -0.1) is 0 Å². The van der Waals surface area contributed by atoms with E-state index in [0.717, 1.165) is 35.6 Å². The number of H-pyrrole nitrogens is 1. The number of halogens is 1. The van der Waals surface area contributed by atoms with Gasteiger partial charge in [-0.3, -0.25) is 0 Å². The molecule has 0 aliphatic heterocycles. The van der Waals surface area contributed by atoms with Gasteiger partial charge >= 0.3 is 0 Å². The molecule has 1 fully saturated rings. The monoisotopic (exact) mass is 310 g/mol. The molecule has 0 spiro atoms. The SMILES string of the molecule is N#Cc1cc2c(cn1)[nH]c1nccc(O[C@H]3CCCC[C@@H]3F)c12. The van der Waals surface area contributed by atoms with Gasteiger partial charge in [-0.25, -0.2) is 14.4 Å². The summed E-state index contributed by atoms with van der Waals surface area (Å²) in [4.78, 5) is 11.5. The largest absolute Gasteiger partial charge is 0.487 e. The van der Waals surface area contributed by atoms with Crippen LogP contribution in [0, 0.1) is 11.3 Å². The Labute approximate surface area is 132 Å². The van der Waals surface area contributed by atoms with Crippen LogP contribution in [0.3, 0.4) is 0 Å². The van der Waals surface area contributed by atoms with Gasteiger partial charge in [0.2, 0.25) is 0 Å². The number of pyridine rings is 2. The number of hydrogen-bond donors (Lipinski definition) is 1. The number of rotatable bonds is 2. The molecule has 1 saturated carbocycles. The number of hydrogen-bond acceptors (Lipinski definition) is 4. The van der Waals surface area contributed by atoms with E-state index in [-0.39, 0.29) is 0 Å². The first-order valence-electron chi connectivity index (χ1n) is 7.73. The van der Waals surface area contributed by atoms with E-state index in [1.165, 1.54) is 0 Å². The molecule has 1 N–H and O–H groups in total. The van der Waals surface area contributed by atoms with Crippen LogP contribution in [0.15, 0.2) is 24.5 Å². The zero-order valence-corrected chi connectivity index (χ0v) is 12.4. The second kappa shape index (κ2) is 5.51. The first-order chi connectivity index (χ1) is 11.3. The number of nitrogens with zero attached hydrogens (tertiary/aromatic N) is 3. The number of nitriles is 1. The summed E-state index contributed by atoms with van der Waals surface area (Å²) in [5.41, 5.74) is 1.76. The van der Waals surface area contributed by atoms with Gasteiger partial charge in [0.15, 0.2) is 0 Å². The number of aromatic amines is 1. The van der Waals surface area contributed by atoms with Crippen molar-refractivity contribution in [2.24, 2.45) is 0 Å². The normalized spacial score (nSPS) is 21.4. The van der Waals surface area contributed by atoms with Crippen molar-refractivity contribution in [1.82, 2.24) is 15.0 Å². The predicted molar refractivity (Wildman–Crippen MR) is 83.9 cm³/mol. The topological polar surface area (TPSA) is 74.6 Å². The van der Waals surface area contributed by atoms with Gasteiger partial charge in [0, 0.05) is 11.6 Å². The lowest BCUT2D eigenvalue weighted by atomic mass is 9.96. The molecule has 0 amide bonds. The molecule has 0 unspecified atom stereocenters. The average molecular weight is 310 g/mol. The molecule has 0 aromatic carbocycles. The van der Waals surface area contributed by atoms with Crippen molar-refractivity contribution in [3.63, 3.8) is 0 Å². The maximum Gasteiger partial charge on any atom is 0.142 e. The lowest BCUT2D eigenvalue weighted by molar-refractivity contribution is 0.0650. The minimum absolute atomic E-state index is 0.328. The van der Waals surface area contributed by atoms with Crippen molar-refractivity contribution in [2.75, 3.05) is 0 Å². The third-order valence-corrected chi connectivity index (χ3v) is 4.35. The molecule has 6 heteroatoms. The molecule has 1 aliphatic carbocycles. The van der Waals surface area contributed by atoms with E-state index in [9.17, 15) is 4.39 Å². The highest BCUT2D eigenvalue weighted by atomic mass is 19.1. The Balaban J connectivity index is 1.84. The lowest BCUT2D eigenvalue weighted by Gasteiger charge is -2.26. The van der Waals surface area contributed by atoms with Gasteiger partial charge < -0.3 is 9.72 Å². The maximum absolute atomic E-state index is 14.1. The molecule has 0 bridgehead atoms. The molecule has 0 saturated heterocycles. The number of fused-ring (bicyclic) bond motifs is 3. The van der Waals surface area contributed by atoms with Gasteiger partial charge in [-0.2, -0.15) is 5.26 Å². The third kappa shape index (κ3) is 2.38. The maximum atomic E-state index is 14.1. The van der Waals surface area contributed by atoms with E-state index in [2.05, 4.69) is 15.0 Å². The Morgan fingerprint density at radius 1 is 1.30 bits per heavy atom. The summed E-state index contributed by atoms with van der Waals surface area (Å²) >= 11 is 0. The van der Waals surface area contributed by atoms with Crippen LogP contribution >= 0.6 is 0 Å². The predicted octanol–water partition coefficient (Wildman–Crippen LogP) is 3.64. The highest BCUT2D eigenvalue weighted by Crippen LogP contribution is 2.34. The fourth-order valence-electron chi connectivity index (χ4n) is 3.20. The molecule has 1 aliphatic rings. The number of ether oxygens (including phenoxy) is 1. The summed E-state index contributed by atoms with van der Waals surface area (Å²) in [6, 6.07) is 5.49. The first kappa shape index (κ1) is 13.9. The molecule has 5 nitrogen and oxygen atoms in total. The van der Waals surface area contributed by atoms with E-state index in [4.69, 9.17) is 10.00 Å². The summed E-state index contributed by atoms with van der Waals surface area (Å²) in [5.74, 6) is 0.603. The highest BCUT2D eigenvalue weighted by molar-refractivity contribution is 6.09. The van der Waals surface area contributed by atoms with Gasteiger partial charge in [0.25, 0.3) is 0 Å². The van der Waals surface area contributed by atoms with Crippen molar-refractivity contribution in [3.05, 3.63) is 30.2 Å². The zero-order valence-electron chi connectivity index (χ0n) is 12.4. The van der Waals surface area contributed by atoms with Gasteiger partial charge in [-0.1, -0.05) is 6.42 Å². The second-order valence-electron chi connectivity index (χ2n) is 5.84. The Hall–Kier alpha value is -2.68. The second-order valence-corrected chi connectivity index (χ2v) is 5.84. The molecular weight excluding hydrogens is 295 g/mol. The Morgan fingerprint density at radius 2 is 2.17 bits per heavy atom. The van der Waals surface area contributed by atoms with Crippen LogP contribution in [0.5, 0.6) is 5.75 Å². The smallest absolute Gasteiger partial charge is 0.142 e. The third-order valence-electron chi connectivity index (χ3n) is 4.35. The lowest BCUT2D eigenvalue weighted by Crippen LogP contribution is -2.31. The Kier molecular flexibility index (Phi) is 3.34. The van der Waals surface area contributed by atoms with Crippen LogP contribution in [-0.2, 0) is 0 Å². The summed E-state index contributed by atoms with van der Waals surface area (Å²) in [7, 11) is 0. The summed E-state index contributed by atoms with van der Waals surface area (Å²) < 4.78 is 20.1. The van der Waals surface area contributed by atoms with Crippen LogP contribution in [0.1, 0.15) is 31.4 Å². The number of aromatic nitrogens is 3. The highest BCUT2D eigenvalue weighted by Gasteiger charge is 2.27. The van der Waals surface area contributed by atoms with E-state index >= 15 is 0 Å². The molecule has 2 atom stereocenters. The van der Waals surface area contributed by atoms with E-state index in [1.807, 2.05) is 6.07 Å².